The van der Waals surface area contributed by atoms with Crippen LogP contribution in [0.2, 0.25) is 0 Å². The molecule has 0 bridgehead atoms. The highest BCUT2D eigenvalue weighted by molar-refractivity contribution is 9.10. The molecule has 2 aromatic rings. The van der Waals surface area contributed by atoms with Crippen LogP contribution in [0.4, 0.5) is 14.6 Å². The van der Waals surface area contributed by atoms with E-state index in [2.05, 4.69) is 31.0 Å². The average Bonchev–Trinajstić information content (AvgIpc) is 2.54. The van der Waals surface area contributed by atoms with E-state index >= 15 is 0 Å². The fraction of sp³-hybridized carbons (Fsp3) is 0.250. The number of ether oxygens (including phenoxy) is 1. The van der Waals surface area contributed by atoms with E-state index in [1.165, 1.54) is 12.3 Å². The lowest BCUT2D eigenvalue weighted by Crippen LogP contribution is -2.24. The van der Waals surface area contributed by atoms with Gasteiger partial charge in [0.1, 0.15) is 11.6 Å². The second-order valence-corrected chi connectivity index (χ2v) is 6.03. The summed E-state index contributed by atoms with van der Waals surface area (Å²) in [6.07, 6.45) is 1.54. The summed E-state index contributed by atoms with van der Waals surface area (Å²) < 4.78 is 30.1. The molecule has 1 heterocycles. The fourth-order valence-electron chi connectivity index (χ4n) is 1.98. The molecular formula is C16H16BrF2N3O2. The highest BCUT2D eigenvalue weighted by atomic mass is 79.9. The van der Waals surface area contributed by atoms with E-state index < -0.39 is 6.61 Å². The molecule has 0 aliphatic carbocycles. The van der Waals surface area contributed by atoms with Crippen molar-refractivity contribution in [1.29, 1.82) is 0 Å². The van der Waals surface area contributed by atoms with Gasteiger partial charge in [0.2, 0.25) is 0 Å². The number of anilines is 1. The van der Waals surface area contributed by atoms with Crippen LogP contribution in [-0.4, -0.2) is 31.6 Å². The van der Waals surface area contributed by atoms with E-state index in [0.29, 0.717) is 21.4 Å². The maximum absolute atomic E-state index is 12.5. The Labute approximate surface area is 146 Å². The average molecular weight is 400 g/mol. The van der Waals surface area contributed by atoms with E-state index in [1.54, 1.807) is 29.2 Å². The SMILES string of the molecule is CN(C)c1cc(C(=O)NCc2cc(Br)ccc2OC(F)F)ccn1. The maximum Gasteiger partial charge on any atom is 0.387 e. The van der Waals surface area contributed by atoms with Crippen LogP contribution in [0.5, 0.6) is 5.75 Å². The van der Waals surface area contributed by atoms with Crippen molar-refractivity contribution in [3.05, 3.63) is 52.1 Å². The number of nitrogens with one attached hydrogen (secondary N) is 1. The van der Waals surface area contributed by atoms with E-state index in [1.807, 2.05) is 14.1 Å². The lowest BCUT2D eigenvalue weighted by molar-refractivity contribution is -0.0504. The van der Waals surface area contributed by atoms with Crippen molar-refractivity contribution >= 4 is 27.7 Å². The number of carbonyl (C=O) groups excluding carboxylic acids is 1. The summed E-state index contributed by atoms with van der Waals surface area (Å²) in [6, 6.07) is 7.87. The molecule has 0 aliphatic rings. The molecule has 0 atom stereocenters. The first-order valence-corrected chi connectivity index (χ1v) is 7.81. The molecule has 0 saturated carbocycles. The molecule has 1 aromatic carbocycles. The van der Waals surface area contributed by atoms with Crippen molar-refractivity contribution in [1.82, 2.24) is 10.3 Å². The number of rotatable bonds is 6. The van der Waals surface area contributed by atoms with Crippen LogP contribution < -0.4 is 15.0 Å². The Hall–Kier alpha value is -2.22. The number of pyridine rings is 1. The lowest BCUT2D eigenvalue weighted by atomic mass is 10.2. The standard InChI is InChI=1S/C16H16BrF2N3O2/c1-22(2)14-8-10(5-6-20-14)15(23)21-9-11-7-12(17)3-4-13(11)24-16(18)19/h3-8,16H,9H2,1-2H3,(H,21,23). The molecule has 0 saturated heterocycles. The first kappa shape index (κ1) is 18.1. The Balaban J connectivity index is 2.11. The summed E-state index contributed by atoms with van der Waals surface area (Å²) in [6.45, 7) is -2.87. The zero-order chi connectivity index (χ0) is 17.7. The first-order chi connectivity index (χ1) is 11.4. The molecule has 1 N–H and O–H groups in total. The molecule has 24 heavy (non-hydrogen) atoms. The van der Waals surface area contributed by atoms with Crippen molar-refractivity contribution in [3.63, 3.8) is 0 Å². The zero-order valence-electron chi connectivity index (χ0n) is 13.1. The maximum atomic E-state index is 12.5. The summed E-state index contributed by atoms with van der Waals surface area (Å²) in [5.74, 6) is 0.340. The second-order valence-electron chi connectivity index (χ2n) is 5.11. The lowest BCUT2D eigenvalue weighted by Gasteiger charge is -2.14. The smallest absolute Gasteiger partial charge is 0.387 e. The van der Waals surface area contributed by atoms with E-state index in [9.17, 15) is 13.6 Å². The second kappa shape index (κ2) is 8.05. The van der Waals surface area contributed by atoms with Crippen molar-refractivity contribution in [2.75, 3.05) is 19.0 Å². The monoisotopic (exact) mass is 399 g/mol. The van der Waals surface area contributed by atoms with E-state index in [0.717, 1.165) is 0 Å². The zero-order valence-corrected chi connectivity index (χ0v) is 14.7. The summed E-state index contributed by atoms with van der Waals surface area (Å²) in [7, 11) is 3.64. The third kappa shape index (κ3) is 4.89. The minimum absolute atomic E-state index is 0.0252. The van der Waals surface area contributed by atoms with Gasteiger partial charge in [-0.3, -0.25) is 4.79 Å². The Morgan fingerprint density at radius 2 is 2.08 bits per heavy atom. The highest BCUT2D eigenvalue weighted by Crippen LogP contribution is 2.24. The summed E-state index contributed by atoms with van der Waals surface area (Å²) in [4.78, 5) is 18.2. The van der Waals surface area contributed by atoms with Gasteiger partial charge >= 0.3 is 6.61 Å². The van der Waals surface area contributed by atoms with Gasteiger partial charge in [0.25, 0.3) is 5.91 Å². The number of amides is 1. The quantitative estimate of drug-likeness (QED) is 0.808. The summed E-state index contributed by atoms with van der Waals surface area (Å²) in [5.41, 5.74) is 0.875. The number of aromatic nitrogens is 1. The molecule has 8 heteroatoms. The van der Waals surface area contributed by atoms with Crippen LogP contribution in [-0.2, 0) is 6.54 Å². The minimum Gasteiger partial charge on any atom is -0.434 e. The van der Waals surface area contributed by atoms with Crippen LogP contribution in [0.15, 0.2) is 41.0 Å². The molecule has 1 aromatic heterocycles. The van der Waals surface area contributed by atoms with Gasteiger partial charge in [0.15, 0.2) is 0 Å². The van der Waals surface area contributed by atoms with Crippen molar-refractivity contribution in [2.45, 2.75) is 13.2 Å². The van der Waals surface area contributed by atoms with Gasteiger partial charge in [-0.25, -0.2) is 4.98 Å². The third-order valence-electron chi connectivity index (χ3n) is 3.14. The van der Waals surface area contributed by atoms with Crippen molar-refractivity contribution in [3.8, 4) is 5.75 Å². The topological polar surface area (TPSA) is 54.5 Å². The molecular weight excluding hydrogens is 384 g/mol. The minimum atomic E-state index is -2.93. The predicted molar refractivity (Wildman–Crippen MR) is 90.5 cm³/mol. The number of hydrogen-bond donors (Lipinski definition) is 1. The third-order valence-corrected chi connectivity index (χ3v) is 3.64. The van der Waals surface area contributed by atoms with E-state index in [4.69, 9.17) is 0 Å². The van der Waals surface area contributed by atoms with Gasteiger partial charge in [0.05, 0.1) is 0 Å². The van der Waals surface area contributed by atoms with Crippen LogP contribution in [0.1, 0.15) is 15.9 Å². The number of nitrogens with zero attached hydrogens (tertiary/aromatic N) is 2. The largest absolute Gasteiger partial charge is 0.434 e. The molecule has 2 rings (SSSR count). The number of halogens is 3. The molecule has 0 aliphatic heterocycles. The molecule has 0 unspecified atom stereocenters. The number of hydrogen-bond acceptors (Lipinski definition) is 4. The van der Waals surface area contributed by atoms with Crippen molar-refractivity contribution < 1.29 is 18.3 Å². The summed E-state index contributed by atoms with van der Waals surface area (Å²) >= 11 is 3.27. The first-order valence-electron chi connectivity index (χ1n) is 7.01. The Kier molecular flexibility index (Phi) is 6.08. The van der Waals surface area contributed by atoms with Gasteiger partial charge in [-0.15, -0.1) is 0 Å². The van der Waals surface area contributed by atoms with Crippen LogP contribution in [0.3, 0.4) is 0 Å². The molecule has 1 amide bonds. The van der Waals surface area contributed by atoms with Crippen molar-refractivity contribution in [2.24, 2.45) is 0 Å². The number of carbonyl (C=O) groups is 1. The van der Waals surface area contributed by atoms with Gasteiger partial charge in [-0.05, 0) is 30.3 Å². The molecule has 0 radical (unpaired) electrons. The Morgan fingerprint density at radius 3 is 2.75 bits per heavy atom. The molecule has 5 nitrogen and oxygen atoms in total. The Bertz CT molecular complexity index is 726. The van der Waals surface area contributed by atoms with E-state index in [-0.39, 0.29) is 18.2 Å². The molecule has 0 fully saturated rings. The Morgan fingerprint density at radius 1 is 1.33 bits per heavy atom. The number of benzene rings is 1. The molecule has 0 spiro atoms. The van der Waals surface area contributed by atoms with Gasteiger partial charge in [0, 0.05) is 42.4 Å². The van der Waals surface area contributed by atoms with Crippen LogP contribution >= 0.6 is 15.9 Å². The predicted octanol–water partition coefficient (Wildman–Crippen LogP) is 3.44. The van der Waals surface area contributed by atoms with Gasteiger partial charge in [-0.2, -0.15) is 8.78 Å². The highest BCUT2D eigenvalue weighted by Gasteiger charge is 2.13. The fourth-order valence-corrected chi connectivity index (χ4v) is 2.39. The normalized spacial score (nSPS) is 10.6. The molecule has 128 valence electrons. The van der Waals surface area contributed by atoms with Crippen LogP contribution in [0.25, 0.3) is 0 Å². The van der Waals surface area contributed by atoms with Crippen LogP contribution in [0, 0.1) is 0 Å². The summed E-state index contributed by atoms with van der Waals surface area (Å²) in [5, 5.41) is 2.69. The number of alkyl halides is 2. The van der Waals surface area contributed by atoms with Gasteiger partial charge in [-0.1, -0.05) is 15.9 Å². The van der Waals surface area contributed by atoms with Gasteiger partial charge < -0.3 is 15.0 Å².